The number of thiophene rings is 1. The van der Waals surface area contributed by atoms with Crippen LogP contribution in [0.5, 0.6) is 0 Å². The fraction of sp³-hybridized carbons (Fsp3) is 0.267. The zero-order valence-corrected chi connectivity index (χ0v) is 12.3. The van der Waals surface area contributed by atoms with E-state index < -0.39 is 5.97 Å². The number of carbonyl (C=O) groups is 1. The van der Waals surface area contributed by atoms with E-state index in [2.05, 4.69) is 19.2 Å². The lowest BCUT2D eigenvalue weighted by Crippen LogP contribution is -2.18. The highest BCUT2D eigenvalue weighted by molar-refractivity contribution is 7.10. The summed E-state index contributed by atoms with van der Waals surface area (Å²) in [5.74, 6) is -0.664. The SMILES string of the molecule is CC(C)C(Nc1c(N)cccc1C(=O)O)c1cccs1. The average Bonchev–Trinajstić information content (AvgIpc) is 2.90. The fourth-order valence-electron chi connectivity index (χ4n) is 2.10. The van der Waals surface area contributed by atoms with Crippen molar-refractivity contribution in [2.75, 3.05) is 11.1 Å². The summed E-state index contributed by atoms with van der Waals surface area (Å²) in [7, 11) is 0. The van der Waals surface area contributed by atoms with Crippen molar-refractivity contribution in [3.8, 4) is 0 Å². The van der Waals surface area contributed by atoms with E-state index in [9.17, 15) is 9.90 Å². The second-order valence-electron chi connectivity index (χ2n) is 4.96. The lowest BCUT2D eigenvalue weighted by Gasteiger charge is -2.24. The van der Waals surface area contributed by atoms with Crippen LogP contribution in [-0.4, -0.2) is 11.1 Å². The van der Waals surface area contributed by atoms with Gasteiger partial charge in [0, 0.05) is 4.88 Å². The number of anilines is 2. The Kier molecular flexibility index (Phi) is 4.29. The molecule has 0 bridgehead atoms. The van der Waals surface area contributed by atoms with Crippen molar-refractivity contribution in [2.24, 2.45) is 5.92 Å². The van der Waals surface area contributed by atoms with E-state index in [1.165, 1.54) is 4.88 Å². The summed E-state index contributed by atoms with van der Waals surface area (Å²) in [6.45, 7) is 4.19. The number of carboxylic acid groups (broad SMARTS) is 1. The maximum atomic E-state index is 11.3. The van der Waals surface area contributed by atoms with Gasteiger partial charge in [0.15, 0.2) is 0 Å². The lowest BCUT2D eigenvalue weighted by atomic mass is 10.0. The molecule has 2 aromatic rings. The monoisotopic (exact) mass is 290 g/mol. The van der Waals surface area contributed by atoms with Crippen LogP contribution in [0.1, 0.15) is 35.1 Å². The first-order valence-electron chi connectivity index (χ1n) is 6.42. The molecule has 0 amide bonds. The van der Waals surface area contributed by atoms with Crippen LogP contribution in [0.2, 0.25) is 0 Å². The molecule has 5 heteroatoms. The van der Waals surface area contributed by atoms with Gasteiger partial charge in [0.2, 0.25) is 0 Å². The Morgan fingerprint density at radius 3 is 2.60 bits per heavy atom. The van der Waals surface area contributed by atoms with Gasteiger partial charge in [0.05, 0.1) is 23.0 Å². The van der Waals surface area contributed by atoms with Gasteiger partial charge in [0.1, 0.15) is 0 Å². The predicted octanol–water partition coefficient (Wildman–Crippen LogP) is 3.84. The van der Waals surface area contributed by atoms with Crippen molar-refractivity contribution >= 4 is 28.7 Å². The number of nitrogens with two attached hydrogens (primary N) is 1. The van der Waals surface area contributed by atoms with E-state index in [-0.39, 0.29) is 11.6 Å². The molecule has 0 saturated heterocycles. The molecule has 1 atom stereocenters. The van der Waals surface area contributed by atoms with Gasteiger partial charge in [-0.25, -0.2) is 4.79 Å². The molecule has 0 aliphatic rings. The van der Waals surface area contributed by atoms with Gasteiger partial charge < -0.3 is 16.2 Å². The van der Waals surface area contributed by atoms with Crippen molar-refractivity contribution in [1.82, 2.24) is 0 Å². The van der Waals surface area contributed by atoms with Crippen LogP contribution >= 0.6 is 11.3 Å². The third kappa shape index (κ3) is 2.93. The number of hydrogen-bond donors (Lipinski definition) is 3. The van der Waals surface area contributed by atoms with Crippen LogP contribution < -0.4 is 11.1 Å². The van der Waals surface area contributed by atoms with E-state index in [1.54, 1.807) is 29.5 Å². The number of nitrogens with one attached hydrogen (secondary N) is 1. The molecule has 0 aliphatic heterocycles. The Morgan fingerprint density at radius 2 is 2.05 bits per heavy atom. The summed E-state index contributed by atoms with van der Waals surface area (Å²) in [5.41, 5.74) is 7.08. The van der Waals surface area contributed by atoms with Gasteiger partial charge >= 0.3 is 5.97 Å². The third-order valence-corrected chi connectivity index (χ3v) is 4.10. The molecule has 0 spiro atoms. The fourth-order valence-corrected chi connectivity index (χ4v) is 3.05. The highest BCUT2D eigenvalue weighted by Crippen LogP contribution is 2.33. The van der Waals surface area contributed by atoms with Gasteiger partial charge in [0.25, 0.3) is 0 Å². The van der Waals surface area contributed by atoms with Crippen LogP contribution in [-0.2, 0) is 0 Å². The smallest absolute Gasteiger partial charge is 0.337 e. The van der Waals surface area contributed by atoms with Crippen molar-refractivity contribution in [3.63, 3.8) is 0 Å². The zero-order valence-electron chi connectivity index (χ0n) is 11.5. The summed E-state index contributed by atoms with van der Waals surface area (Å²) in [4.78, 5) is 12.5. The van der Waals surface area contributed by atoms with Gasteiger partial charge in [-0.15, -0.1) is 11.3 Å². The topological polar surface area (TPSA) is 75.3 Å². The normalized spacial score (nSPS) is 12.3. The Balaban J connectivity index is 2.39. The zero-order chi connectivity index (χ0) is 14.7. The molecule has 1 aromatic heterocycles. The largest absolute Gasteiger partial charge is 0.478 e. The quantitative estimate of drug-likeness (QED) is 0.731. The Labute approximate surface area is 122 Å². The second-order valence-corrected chi connectivity index (χ2v) is 5.94. The number of para-hydroxylation sites is 1. The Bertz CT molecular complexity index is 594. The maximum absolute atomic E-state index is 11.3. The van der Waals surface area contributed by atoms with Crippen molar-refractivity contribution < 1.29 is 9.90 Å². The molecule has 4 N–H and O–H groups in total. The van der Waals surface area contributed by atoms with Gasteiger partial charge in [-0.05, 0) is 29.5 Å². The first kappa shape index (κ1) is 14.4. The molecule has 1 aromatic carbocycles. The average molecular weight is 290 g/mol. The van der Waals surface area contributed by atoms with E-state index in [4.69, 9.17) is 5.73 Å². The molecule has 20 heavy (non-hydrogen) atoms. The molecule has 0 fully saturated rings. The minimum Gasteiger partial charge on any atom is -0.478 e. The van der Waals surface area contributed by atoms with E-state index in [1.807, 2.05) is 17.5 Å². The number of hydrogen-bond acceptors (Lipinski definition) is 4. The van der Waals surface area contributed by atoms with Crippen LogP contribution in [0.4, 0.5) is 11.4 Å². The summed E-state index contributed by atoms with van der Waals surface area (Å²) in [5, 5.41) is 14.6. The van der Waals surface area contributed by atoms with Crippen LogP contribution in [0, 0.1) is 5.92 Å². The number of nitrogen functional groups attached to an aromatic ring is 1. The van der Waals surface area contributed by atoms with E-state index in [0.717, 1.165) is 0 Å². The molecule has 1 unspecified atom stereocenters. The van der Waals surface area contributed by atoms with E-state index in [0.29, 0.717) is 17.3 Å². The van der Waals surface area contributed by atoms with Crippen LogP contribution in [0.3, 0.4) is 0 Å². The summed E-state index contributed by atoms with van der Waals surface area (Å²) >= 11 is 1.65. The van der Waals surface area contributed by atoms with Gasteiger partial charge in [-0.2, -0.15) is 0 Å². The Morgan fingerprint density at radius 1 is 1.30 bits per heavy atom. The molecule has 0 radical (unpaired) electrons. The first-order chi connectivity index (χ1) is 9.50. The molecule has 106 valence electrons. The van der Waals surface area contributed by atoms with E-state index >= 15 is 0 Å². The summed E-state index contributed by atoms with van der Waals surface area (Å²) in [6.07, 6.45) is 0. The molecule has 0 saturated carbocycles. The minimum atomic E-state index is -0.978. The number of benzene rings is 1. The molecular formula is C15H18N2O2S. The van der Waals surface area contributed by atoms with Crippen LogP contribution in [0.25, 0.3) is 0 Å². The number of carboxylic acids is 1. The van der Waals surface area contributed by atoms with Crippen molar-refractivity contribution in [3.05, 3.63) is 46.2 Å². The standard InChI is InChI=1S/C15H18N2O2S/c1-9(2)13(12-7-4-8-20-12)17-14-10(15(18)19)5-3-6-11(14)16/h3-9,13,17H,16H2,1-2H3,(H,18,19). The molecular weight excluding hydrogens is 272 g/mol. The van der Waals surface area contributed by atoms with Gasteiger partial charge in [-0.1, -0.05) is 26.0 Å². The highest BCUT2D eigenvalue weighted by atomic mass is 32.1. The number of aromatic carboxylic acids is 1. The highest BCUT2D eigenvalue weighted by Gasteiger charge is 2.21. The lowest BCUT2D eigenvalue weighted by molar-refractivity contribution is 0.0698. The first-order valence-corrected chi connectivity index (χ1v) is 7.30. The predicted molar refractivity (Wildman–Crippen MR) is 83.3 cm³/mol. The van der Waals surface area contributed by atoms with Crippen LogP contribution in [0.15, 0.2) is 35.7 Å². The molecule has 4 nitrogen and oxygen atoms in total. The molecule has 0 aliphatic carbocycles. The number of rotatable bonds is 5. The molecule has 2 rings (SSSR count). The molecule has 1 heterocycles. The third-order valence-electron chi connectivity index (χ3n) is 3.14. The minimum absolute atomic E-state index is 0.0396. The summed E-state index contributed by atoms with van der Waals surface area (Å²) < 4.78 is 0. The summed E-state index contributed by atoms with van der Waals surface area (Å²) in [6, 6.07) is 9.00. The van der Waals surface area contributed by atoms with Crippen molar-refractivity contribution in [2.45, 2.75) is 19.9 Å². The maximum Gasteiger partial charge on any atom is 0.337 e. The Hall–Kier alpha value is -2.01. The van der Waals surface area contributed by atoms with Crippen molar-refractivity contribution in [1.29, 1.82) is 0 Å². The second kappa shape index (κ2) is 5.96. The van der Waals surface area contributed by atoms with Gasteiger partial charge in [-0.3, -0.25) is 0 Å².